The molecule has 24 heavy (non-hydrogen) atoms. The summed E-state index contributed by atoms with van der Waals surface area (Å²) < 4.78 is 38.1. The summed E-state index contributed by atoms with van der Waals surface area (Å²) in [6, 6.07) is 12.3. The van der Waals surface area contributed by atoms with Crippen molar-refractivity contribution >= 4 is 10.0 Å². The maximum absolute atomic E-state index is 12.5. The lowest BCUT2D eigenvalue weighted by atomic mass is 10.1. The van der Waals surface area contributed by atoms with Gasteiger partial charge < -0.3 is 9.47 Å². The van der Waals surface area contributed by atoms with Crippen molar-refractivity contribution < 1.29 is 17.9 Å². The van der Waals surface area contributed by atoms with Crippen LogP contribution in [0.3, 0.4) is 0 Å². The van der Waals surface area contributed by atoms with Gasteiger partial charge in [-0.3, -0.25) is 0 Å². The van der Waals surface area contributed by atoms with E-state index in [0.717, 1.165) is 0 Å². The van der Waals surface area contributed by atoms with Crippen molar-refractivity contribution in [2.24, 2.45) is 0 Å². The van der Waals surface area contributed by atoms with E-state index >= 15 is 0 Å². The molecule has 1 atom stereocenters. The summed E-state index contributed by atoms with van der Waals surface area (Å²) in [5.74, 6) is 1.17. The van der Waals surface area contributed by atoms with Gasteiger partial charge in [0.15, 0.2) is 0 Å². The molecule has 126 valence electrons. The summed E-state index contributed by atoms with van der Waals surface area (Å²) >= 11 is 0. The first-order chi connectivity index (χ1) is 11.4. The molecule has 0 unspecified atom stereocenters. The third-order valence-electron chi connectivity index (χ3n) is 3.53. The smallest absolute Gasteiger partial charge is 0.241 e. The van der Waals surface area contributed by atoms with E-state index in [2.05, 4.69) is 4.72 Å². The predicted octanol–water partition coefficient (Wildman–Crippen LogP) is 2.61. The average Bonchev–Trinajstić information content (AvgIpc) is 2.60. The van der Waals surface area contributed by atoms with Gasteiger partial charge in [-0.1, -0.05) is 0 Å². The Kier molecular flexibility index (Phi) is 5.44. The normalized spacial score (nSPS) is 12.2. The number of nitriles is 1. The molecule has 0 saturated carbocycles. The van der Waals surface area contributed by atoms with E-state index in [4.69, 9.17) is 14.7 Å². The standard InChI is InChI=1S/C17H18N2O4S/c1-12(16-10-14(22-2)6-9-17(16)23-3)19-24(20,21)15-7-4-13(11-18)5-8-15/h4-10,12,19H,1-3H3/t12-/m1/s1. The van der Waals surface area contributed by atoms with E-state index in [1.807, 2.05) is 6.07 Å². The first-order valence-corrected chi connectivity index (χ1v) is 8.64. The van der Waals surface area contributed by atoms with Crippen LogP contribution < -0.4 is 14.2 Å². The summed E-state index contributed by atoms with van der Waals surface area (Å²) in [5, 5.41) is 8.79. The predicted molar refractivity (Wildman–Crippen MR) is 89.4 cm³/mol. The highest BCUT2D eigenvalue weighted by Gasteiger charge is 2.21. The van der Waals surface area contributed by atoms with Crippen molar-refractivity contribution in [3.63, 3.8) is 0 Å². The van der Waals surface area contributed by atoms with Crippen LogP contribution in [0, 0.1) is 11.3 Å². The Hall–Kier alpha value is -2.56. The zero-order valence-corrected chi connectivity index (χ0v) is 14.4. The Balaban J connectivity index is 2.30. The van der Waals surface area contributed by atoms with Crippen LogP contribution >= 0.6 is 0 Å². The number of nitrogens with one attached hydrogen (secondary N) is 1. The zero-order valence-electron chi connectivity index (χ0n) is 13.6. The van der Waals surface area contributed by atoms with Crippen molar-refractivity contribution in [2.75, 3.05) is 14.2 Å². The van der Waals surface area contributed by atoms with Crippen LogP contribution in [0.15, 0.2) is 47.4 Å². The topological polar surface area (TPSA) is 88.4 Å². The van der Waals surface area contributed by atoms with Crippen LogP contribution in [0.4, 0.5) is 0 Å². The van der Waals surface area contributed by atoms with Gasteiger partial charge in [-0.15, -0.1) is 0 Å². The van der Waals surface area contributed by atoms with E-state index in [0.29, 0.717) is 22.6 Å². The number of methoxy groups -OCH3 is 2. The number of rotatable bonds is 6. The summed E-state index contributed by atoms with van der Waals surface area (Å²) in [6.45, 7) is 1.72. The molecule has 0 heterocycles. The molecule has 0 saturated heterocycles. The van der Waals surface area contributed by atoms with Crippen molar-refractivity contribution in [1.29, 1.82) is 5.26 Å². The quantitative estimate of drug-likeness (QED) is 0.868. The van der Waals surface area contributed by atoms with Gasteiger partial charge in [-0.05, 0) is 49.4 Å². The highest BCUT2D eigenvalue weighted by Crippen LogP contribution is 2.30. The van der Waals surface area contributed by atoms with Crippen LogP contribution in [0.5, 0.6) is 11.5 Å². The fourth-order valence-corrected chi connectivity index (χ4v) is 3.47. The highest BCUT2D eigenvalue weighted by molar-refractivity contribution is 7.89. The number of benzene rings is 2. The maximum Gasteiger partial charge on any atom is 0.241 e. The first kappa shape index (κ1) is 17.8. The van der Waals surface area contributed by atoms with Crippen LogP contribution in [-0.4, -0.2) is 22.6 Å². The summed E-state index contributed by atoms with van der Waals surface area (Å²) in [6.07, 6.45) is 0. The molecule has 0 fully saturated rings. The van der Waals surface area contributed by atoms with Crippen LogP contribution in [0.2, 0.25) is 0 Å². The number of sulfonamides is 1. The van der Waals surface area contributed by atoms with Gasteiger partial charge in [0, 0.05) is 11.6 Å². The average molecular weight is 346 g/mol. The molecule has 2 aromatic carbocycles. The number of hydrogen-bond acceptors (Lipinski definition) is 5. The number of nitrogens with zero attached hydrogens (tertiary/aromatic N) is 1. The second-order valence-electron chi connectivity index (χ2n) is 5.09. The van der Waals surface area contributed by atoms with E-state index in [1.54, 1.807) is 25.1 Å². The number of hydrogen-bond donors (Lipinski definition) is 1. The van der Waals surface area contributed by atoms with Gasteiger partial charge >= 0.3 is 0 Å². The fourth-order valence-electron chi connectivity index (χ4n) is 2.25. The molecule has 0 spiro atoms. The van der Waals surface area contributed by atoms with Gasteiger partial charge in [0.25, 0.3) is 0 Å². The lowest BCUT2D eigenvalue weighted by Gasteiger charge is -2.18. The molecular weight excluding hydrogens is 328 g/mol. The van der Waals surface area contributed by atoms with Crippen molar-refractivity contribution in [3.8, 4) is 17.6 Å². The van der Waals surface area contributed by atoms with Gasteiger partial charge in [-0.25, -0.2) is 13.1 Å². The van der Waals surface area contributed by atoms with Crippen LogP contribution in [0.25, 0.3) is 0 Å². The molecule has 1 N–H and O–H groups in total. The molecule has 0 aliphatic carbocycles. The lowest BCUT2D eigenvalue weighted by Crippen LogP contribution is -2.27. The number of ether oxygens (including phenoxy) is 2. The Bertz CT molecular complexity index is 855. The SMILES string of the molecule is COc1ccc(OC)c([C@@H](C)NS(=O)(=O)c2ccc(C#N)cc2)c1. The monoisotopic (exact) mass is 346 g/mol. The minimum absolute atomic E-state index is 0.0928. The second-order valence-corrected chi connectivity index (χ2v) is 6.80. The highest BCUT2D eigenvalue weighted by atomic mass is 32.2. The van der Waals surface area contributed by atoms with Crippen molar-refractivity contribution in [2.45, 2.75) is 17.9 Å². The molecular formula is C17H18N2O4S. The molecule has 2 rings (SSSR count). The molecule has 0 radical (unpaired) electrons. The molecule has 7 heteroatoms. The van der Waals surface area contributed by atoms with E-state index in [-0.39, 0.29) is 4.90 Å². The molecule has 2 aromatic rings. The van der Waals surface area contributed by atoms with Gasteiger partial charge in [0.2, 0.25) is 10.0 Å². The minimum Gasteiger partial charge on any atom is -0.497 e. The molecule has 0 bridgehead atoms. The van der Waals surface area contributed by atoms with E-state index in [9.17, 15) is 8.42 Å². The summed E-state index contributed by atoms with van der Waals surface area (Å²) in [7, 11) is -0.673. The molecule has 0 amide bonds. The van der Waals surface area contributed by atoms with Gasteiger partial charge in [0.05, 0.1) is 30.7 Å². The maximum atomic E-state index is 12.5. The zero-order chi connectivity index (χ0) is 17.7. The summed E-state index contributed by atoms with van der Waals surface area (Å²) in [4.78, 5) is 0.0928. The minimum atomic E-state index is -3.73. The van der Waals surface area contributed by atoms with Crippen molar-refractivity contribution in [1.82, 2.24) is 4.72 Å². The third kappa shape index (κ3) is 3.85. The van der Waals surface area contributed by atoms with Gasteiger partial charge in [-0.2, -0.15) is 5.26 Å². The van der Waals surface area contributed by atoms with Gasteiger partial charge in [0.1, 0.15) is 11.5 Å². The lowest BCUT2D eigenvalue weighted by molar-refractivity contribution is 0.395. The molecule has 6 nitrogen and oxygen atoms in total. The Labute approximate surface area is 141 Å². The van der Waals surface area contributed by atoms with E-state index in [1.165, 1.54) is 38.5 Å². The molecule has 0 aliphatic rings. The third-order valence-corrected chi connectivity index (χ3v) is 5.09. The first-order valence-electron chi connectivity index (χ1n) is 7.15. The fraction of sp³-hybridized carbons (Fsp3) is 0.235. The largest absolute Gasteiger partial charge is 0.497 e. The second kappa shape index (κ2) is 7.34. The molecule has 0 aromatic heterocycles. The Morgan fingerprint density at radius 3 is 2.29 bits per heavy atom. The van der Waals surface area contributed by atoms with E-state index < -0.39 is 16.1 Å². The Morgan fingerprint density at radius 1 is 1.08 bits per heavy atom. The van der Waals surface area contributed by atoms with Crippen LogP contribution in [-0.2, 0) is 10.0 Å². The van der Waals surface area contributed by atoms with Crippen LogP contribution in [0.1, 0.15) is 24.1 Å². The molecule has 0 aliphatic heterocycles. The summed E-state index contributed by atoms with van der Waals surface area (Å²) in [5.41, 5.74) is 1.06. The van der Waals surface area contributed by atoms with Crippen molar-refractivity contribution in [3.05, 3.63) is 53.6 Å². The Morgan fingerprint density at radius 2 is 1.75 bits per heavy atom.